The molecule has 3 amide bonds. The third kappa shape index (κ3) is 9.46. The molecule has 0 radical (unpaired) electrons. The number of carbonyl (C=O) groups is 3. The number of amides is 3. The van der Waals surface area contributed by atoms with Gasteiger partial charge in [-0.2, -0.15) is 10.2 Å². The number of methoxy groups -OCH3 is 4. The van der Waals surface area contributed by atoms with Crippen molar-refractivity contribution in [3.05, 3.63) is 82.7 Å². The molecule has 7 N–H and O–H groups in total. The molecule has 2 saturated heterocycles. The number of rotatable bonds is 11. The van der Waals surface area contributed by atoms with Crippen LogP contribution in [0.5, 0.6) is 23.0 Å². The van der Waals surface area contributed by atoms with Gasteiger partial charge in [0.1, 0.15) is 45.8 Å². The van der Waals surface area contributed by atoms with Crippen LogP contribution in [0.25, 0.3) is 0 Å². The lowest BCUT2D eigenvalue weighted by Gasteiger charge is -2.16. The summed E-state index contributed by atoms with van der Waals surface area (Å²) in [7, 11) is 9.69. The number of hydrogen-bond donors (Lipinski definition) is 5. The number of aromatic nitrogens is 4. The minimum absolute atomic E-state index is 0.114. The number of nitrogens with zero attached hydrogens (tertiary/aromatic N) is 5. The van der Waals surface area contributed by atoms with E-state index in [1.807, 2.05) is 0 Å². The van der Waals surface area contributed by atoms with Gasteiger partial charge in [-0.15, -0.1) is 0 Å². The minimum atomic E-state index is -0.639. The van der Waals surface area contributed by atoms with E-state index in [0.29, 0.717) is 76.5 Å². The van der Waals surface area contributed by atoms with Gasteiger partial charge in [0.05, 0.1) is 40.5 Å². The highest BCUT2D eigenvalue weighted by molar-refractivity contribution is 6.00. The van der Waals surface area contributed by atoms with Crippen molar-refractivity contribution in [3.8, 4) is 46.7 Å². The van der Waals surface area contributed by atoms with Crippen LogP contribution in [-0.4, -0.2) is 111 Å². The molecule has 17 nitrogen and oxygen atoms in total. The average Bonchev–Trinajstić information content (AvgIpc) is 4.07. The lowest BCUT2D eigenvalue weighted by atomic mass is 10.1. The van der Waals surface area contributed by atoms with E-state index in [9.17, 15) is 14.4 Å². The first-order chi connectivity index (χ1) is 28.0. The van der Waals surface area contributed by atoms with E-state index in [0.717, 1.165) is 19.5 Å². The van der Waals surface area contributed by atoms with E-state index >= 15 is 0 Å². The van der Waals surface area contributed by atoms with Gasteiger partial charge >= 0.3 is 0 Å². The molecule has 0 saturated carbocycles. The molecule has 2 aliphatic rings. The maximum Gasteiger partial charge on any atom is 0.255 e. The largest absolute Gasteiger partial charge is 0.497 e. The number of hydrogen-bond acceptors (Lipinski definition) is 12. The molecule has 2 aliphatic heterocycles. The molecule has 0 aliphatic carbocycles. The van der Waals surface area contributed by atoms with Gasteiger partial charge in [-0.1, -0.05) is 18.4 Å². The van der Waals surface area contributed by atoms with E-state index in [-0.39, 0.29) is 29.2 Å². The minimum Gasteiger partial charge on any atom is -0.497 e. The lowest BCUT2D eigenvalue weighted by Crippen LogP contribution is -2.27. The molecule has 0 bridgehead atoms. The van der Waals surface area contributed by atoms with Crippen LogP contribution >= 0.6 is 0 Å². The quantitative estimate of drug-likeness (QED) is 0.109. The maximum atomic E-state index is 12.2. The normalized spacial score (nSPS) is 15.4. The number of nitrogens with one attached hydrogen (secondary N) is 3. The third-order valence-corrected chi connectivity index (χ3v) is 9.52. The Morgan fingerprint density at radius 1 is 0.741 bits per heavy atom. The molecular formula is C41H48N10O7. The van der Waals surface area contributed by atoms with E-state index in [2.05, 4.69) is 56.4 Å². The van der Waals surface area contributed by atoms with Gasteiger partial charge in [0, 0.05) is 57.0 Å². The van der Waals surface area contributed by atoms with Crippen molar-refractivity contribution >= 4 is 29.4 Å². The third-order valence-electron chi connectivity index (χ3n) is 9.52. The number of likely N-dealkylation sites (tertiary alicyclic amines) is 1. The van der Waals surface area contributed by atoms with Crippen molar-refractivity contribution < 1.29 is 33.3 Å². The van der Waals surface area contributed by atoms with Crippen LogP contribution in [0.2, 0.25) is 0 Å². The topological polar surface area (TPSA) is 215 Å². The monoisotopic (exact) mass is 792 g/mol. The van der Waals surface area contributed by atoms with Gasteiger partial charge in [0.25, 0.3) is 11.8 Å². The summed E-state index contributed by atoms with van der Waals surface area (Å²) in [6.45, 7) is 6.26. The zero-order valence-electron chi connectivity index (χ0n) is 33.4. The van der Waals surface area contributed by atoms with Gasteiger partial charge in [0.15, 0.2) is 11.4 Å². The van der Waals surface area contributed by atoms with Crippen LogP contribution in [0.4, 0.5) is 11.6 Å². The first-order valence-electron chi connectivity index (χ1n) is 18.3. The Morgan fingerprint density at radius 3 is 1.55 bits per heavy atom. The summed E-state index contributed by atoms with van der Waals surface area (Å²) in [5, 5.41) is 18.5. The number of nitrogens with two attached hydrogens (primary N) is 2. The zero-order valence-corrected chi connectivity index (χ0v) is 33.4. The Kier molecular flexibility index (Phi) is 13.9. The fourth-order valence-electron chi connectivity index (χ4n) is 6.66. The van der Waals surface area contributed by atoms with Crippen LogP contribution in [0.3, 0.4) is 0 Å². The summed E-state index contributed by atoms with van der Waals surface area (Å²) >= 11 is 0. The molecule has 4 aromatic rings. The molecule has 2 aromatic carbocycles. The molecule has 17 heteroatoms. The number of ether oxygens (including phenoxy) is 4. The second-order valence-corrected chi connectivity index (χ2v) is 13.0. The van der Waals surface area contributed by atoms with Crippen LogP contribution in [0.15, 0.2) is 49.1 Å². The number of anilines is 2. The Balaban J connectivity index is 0.000000223. The second kappa shape index (κ2) is 19.2. The second-order valence-electron chi connectivity index (χ2n) is 13.0. The lowest BCUT2D eigenvalue weighted by molar-refractivity contribution is -0.125. The number of carbonyl (C=O) groups excluding carboxylic acids is 3. The van der Waals surface area contributed by atoms with Gasteiger partial charge < -0.3 is 51.3 Å². The highest BCUT2D eigenvalue weighted by Crippen LogP contribution is 2.30. The molecule has 2 atom stereocenters. The Labute approximate surface area is 337 Å². The Bertz CT molecular complexity index is 2260. The zero-order chi connectivity index (χ0) is 41.9. The van der Waals surface area contributed by atoms with Crippen molar-refractivity contribution in [2.45, 2.75) is 24.9 Å². The average molecular weight is 793 g/mol. The van der Waals surface area contributed by atoms with E-state index in [1.165, 1.54) is 6.08 Å². The smallest absolute Gasteiger partial charge is 0.255 e. The van der Waals surface area contributed by atoms with Crippen molar-refractivity contribution in [1.29, 1.82) is 0 Å². The van der Waals surface area contributed by atoms with E-state index in [1.54, 1.807) is 93.2 Å². The molecule has 6 rings (SSSR count). The first-order valence-corrected chi connectivity index (χ1v) is 18.3. The highest BCUT2D eigenvalue weighted by atomic mass is 16.5. The molecular weight excluding hydrogens is 745 g/mol. The highest BCUT2D eigenvalue weighted by Gasteiger charge is 2.31. The summed E-state index contributed by atoms with van der Waals surface area (Å²) in [4.78, 5) is 37.9. The van der Waals surface area contributed by atoms with Gasteiger partial charge in [-0.3, -0.25) is 14.4 Å². The molecule has 2 fully saturated rings. The number of benzene rings is 2. The van der Waals surface area contributed by atoms with Crippen molar-refractivity contribution in [2.75, 3.05) is 79.3 Å². The Hall–Kier alpha value is -7.11. The first kappa shape index (κ1) is 42.0. The van der Waals surface area contributed by atoms with Crippen LogP contribution in [0, 0.1) is 23.7 Å². The molecule has 58 heavy (non-hydrogen) atoms. The molecule has 4 heterocycles. The standard InChI is InChI=1S/C22H25N5O4.C19H23N5O3/c1-5-19(28)26-9-8-15(13-26)27-22(24-2)20(21(23)29)18(25-27)7-6-14-10-16(30-3)12-17(11-14)31-4;1-21-19-17(18(20)25)16(23-24(19)13-6-7-22-11-13)5-4-12-8-14(26-2)10-15(9-12)27-3/h5,10-12,15,24H,1,8-9,13H2,2-4H3,(H2,23,29);8-10,13,21-22H,6-7,11H2,1-3H3,(H2,20,25)/t15-;13-/m00/s1. The van der Waals surface area contributed by atoms with Crippen LogP contribution in [-0.2, 0) is 4.79 Å². The van der Waals surface area contributed by atoms with Gasteiger partial charge in [0.2, 0.25) is 5.91 Å². The van der Waals surface area contributed by atoms with E-state index < -0.39 is 11.8 Å². The van der Waals surface area contributed by atoms with Crippen molar-refractivity contribution in [1.82, 2.24) is 29.8 Å². The summed E-state index contributed by atoms with van der Waals surface area (Å²) in [5.41, 5.74) is 13.7. The van der Waals surface area contributed by atoms with Crippen molar-refractivity contribution in [2.24, 2.45) is 11.5 Å². The predicted octanol–water partition coefficient (Wildman–Crippen LogP) is 2.38. The van der Waals surface area contributed by atoms with Crippen LogP contribution < -0.4 is 46.4 Å². The fraction of sp³-hybridized carbons (Fsp3) is 0.341. The molecule has 0 spiro atoms. The molecule has 0 unspecified atom stereocenters. The van der Waals surface area contributed by atoms with Gasteiger partial charge in [-0.25, -0.2) is 9.36 Å². The summed E-state index contributed by atoms with van der Waals surface area (Å²) in [6.07, 6.45) is 2.90. The molecule has 304 valence electrons. The summed E-state index contributed by atoms with van der Waals surface area (Å²) < 4.78 is 24.5. The maximum absolute atomic E-state index is 12.2. The summed E-state index contributed by atoms with van der Waals surface area (Å²) in [6, 6.07) is 10.6. The van der Waals surface area contributed by atoms with Crippen LogP contribution in [0.1, 0.15) is 68.2 Å². The van der Waals surface area contributed by atoms with Gasteiger partial charge in [-0.05, 0) is 61.6 Å². The van der Waals surface area contributed by atoms with Crippen molar-refractivity contribution in [3.63, 3.8) is 0 Å². The predicted molar refractivity (Wildman–Crippen MR) is 219 cm³/mol. The summed E-state index contributed by atoms with van der Waals surface area (Å²) in [5.74, 6) is 14.1. The molecule has 2 aromatic heterocycles. The Morgan fingerprint density at radius 2 is 1.19 bits per heavy atom. The fourth-order valence-corrected chi connectivity index (χ4v) is 6.66. The van der Waals surface area contributed by atoms with E-state index in [4.69, 9.17) is 30.4 Å². The SMILES string of the molecule is C=CC(=O)N1CC[C@H](n2nc(C#Cc3cc(OC)cc(OC)c3)c(C(N)=O)c2NC)C1.CNc1c(C(N)=O)c(C#Cc2cc(OC)cc(OC)c2)nn1[C@H]1CCNC1. The number of primary amides is 2.